The number of rotatable bonds is 7. The molecule has 0 bridgehead atoms. The maximum absolute atomic E-state index is 13.3. The summed E-state index contributed by atoms with van der Waals surface area (Å²) >= 11 is 1.60. The van der Waals surface area contributed by atoms with Gasteiger partial charge in [-0.25, -0.2) is 4.98 Å². The first-order valence-electron chi connectivity index (χ1n) is 9.74. The molecule has 0 unspecified atom stereocenters. The highest BCUT2D eigenvalue weighted by Gasteiger charge is 2.29. The fourth-order valence-corrected chi connectivity index (χ4v) is 4.36. The van der Waals surface area contributed by atoms with E-state index >= 15 is 0 Å². The van der Waals surface area contributed by atoms with Gasteiger partial charge in [-0.1, -0.05) is 30.3 Å². The molecule has 0 N–H and O–H groups in total. The quantitative estimate of drug-likeness (QED) is 0.602. The van der Waals surface area contributed by atoms with Gasteiger partial charge in [0.25, 0.3) is 0 Å². The van der Waals surface area contributed by atoms with Crippen molar-refractivity contribution in [2.75, 3.05) is 13.1 Å². The highest BCUT2D eigenvalue weighted by atomic mass is 32.1. The van der Waals surface area contributed by atoms with Gasteiger partial charge in [0.05, 0.1) is 19.4 Å². The number of furan rings is 1. The smallest absolute Gasteiger partial charge is 0.226 e. The number of aromatic nitrogens is 1. The molecular formula is C22H25N3O2S. The molecule has 2 aromatic heterocycles. The van der Waals surface area contributed by atoms with E-state index in [1.165, 1.54) is 0 Å². The molecule has 1 aliphatic rings. The monoisotopic (exact) mass is 395 g/mol. The van der Waals surface area contributed by atoms with E-state index in [9.17, 15) is 4.79 Å². The van der Waals surface area contributed by atoms with Crippen LogP contribution in [0.25, 0.3) is 0 Å². The third-order valence-electron chi connectivity index (χ3n) is 5.23. The van der Waals surface area contributed by atoms with Crippen LogP contribution in [-0.2, 0) is 24.4 Å². The topological polar surface area (TPSA) is 49.6 Å². The number of amides is 1. The standard InChI is InChI=1S/C22H25N3O2S/c26-22(19-8-11-24(12-9-19)16-20-7-4-13-27-20)25(17-21-23-10-14-28-21)15-18-5-2-1-3-6-18/h1-7,10,13-14,19H,8-9,11-12,15-17H2. The summed E-state index contributed by atoms with van der Waals surface area (Å²) in [5.41, 5.74) is 1.16. The Balaban J connectivity index is 1.39. The Kier molecular flexibility index (Phi) is 6.19. The van der Waals surface area contributed by atoms with Crippen molar-refractivity contribution in [3.05, 3.63) is 76.6 Å². The predicted molar refractivity (Wildman–Crippen MR) is 110 cm³/mol. The van der Waals surface area contributed by atoms with Crippen molar-refractivity contribution in [1.82, 2.24) is 14.8 Å². The van der Waals surface area contributed by atoms with Gasteiger partial charge in [0.15, 0.2) is 0 Å². The van der Waals surface area contributed by atoms with Crippen molar-refractivity contribution < 1.29 is 9.21 Å². The molecule has 5 nitrogen and oxygen atoms in total. The molecule has 1 amide bonds. The third kappa shape index (κ3) is 4.88. The summed E-state index contributed by atoms with van der Waals surface area (Å²) in [4.78, 5) is 22.0. The van der Waals surface area contributed by atoms with E-state index in [0.29, 0.717) is 13.1 Å². The summed E-state index contributed by atoms with van der Waals surface area (Å²) in [7, 11) is 0. The average molecular weight is 396 g/mol. The Bertz CT molecular complexity index is 841. The maximum Gasteiger partial charge on any atom is 0.226 e. The van der Waals surface area contributed by atoms with E-state index in [4.69, 9.17) is 4.42 Å². The van der Waals surface area contributed by atoms with E-state index in [2.05, 4.69) is 22.0 Å². The Morgan fingerprint density at radius 3 is 2.64 bits per heavy atom. The Hall–Kier alpha value is -2.44. The minimum absolute atomic E-state index is 0.0801. The lowest BCUT2D eigenvalue weighted by Crippen LogP contribution is -2.41. The predicted octanol–water partition coefficient (Wildman–Crippen LogP) is 4.18. The zero-order valence-corrected chi connectivity index (χ0v) is 16.7. The van der Waals surface area contributed by atoms with Crippen molar-refractivity contribution in [1.29, 1.82) is 0 Å². The number of thiazole rings is 1. The first-order valence-corrected chi connectivity index (χ1v) is 10.6. The number of carbonyl (C=O) groups is 1. The molecule has 3 heterocycles. The van der Waals surface area contributed by atoms with Crippen molar-refractivity contribution >= 4 is 17.2 Å². The van der Waals surface area contributed by atoms with E-state index in [-0.39, 0.29) is 11.8 Å². The summed E-state index contributed by atoms with van der Waals surface area (Å²) in [6.45, 7) is 3.88. The Labute approximate surface area is 169 Å². The van der Waals surface area contributed by atoms with Crippen LogP contribution < -0.4 is 0 Å². The Morgan fingerprint density at radius 1 is 1.14 bits per heavy atom. The lowest BCUT2D eigenvalue weighted by atomic mass is 9.95. The first kappa shape index (κ1) is 18.9. The lowest BCUT2D eigenvalue weighted by molar-refractivity contribution is -0.138. The molecule has 1 saturated heterocycles. The van der Waals surface area contributed by atoms with Crippen LogP contribution in [0.15, 0.2) is 64.7 Å². The highest BCUT2D eigenvalue weighted by Crippen LogP contribution is 2.24. The van der Waals surface area contributed by atoms with Gasteiger partial charge in [-0.15, -0.1) is 11.3 Å². The van der Waals surface area contributed by atoms with E-state index in [1.54, 1.807) is 23.8 Å². The number of likely N-dealkylation sites (tertiary alicyclic amines) is 1. The second-order valence-corrected chi connectivity index (χ2v) is 8.21. The molecule has 0 saturated carbocycles. The van der Waals surface area contributed by atoms with Crippen molar-refractivity contribution in [3.8, 4) is 0 Å². The second kappa shape index (κ2) is 9.17. The molecule has 146 valence electrons. The number of hydrogen-bond donors (Lipinski definition) is 0. The highest BCUT2D eigenvalue weighted by molar-refractivity contribution is 7.09. The van der Waals surface area contributed by atoms with Gasteiger partial charge < -0.3 is 9.32 Å². The zero-order chi connectivity index (χ0) is 19.2. The molecule has 1 aliphatic heterocycles. The van der Waals surface area contributed by atoms with Crippen LogP contribution in [-0.4, -0.2) is 33.8 Å². The van der Waals surface area contributed by atoms with Gasteiger partial charge in [-0.05, 0) is 43.6 Å². The van der Waals surface area contributed by atoms with Crippen LogP contribution in [0.2, 0.25) is 0 Å². The summed E-state index contributed by atoms with van der Waals surface area (Å²) in [6.07, 6.45) is 5.30. The minimum atomic E-state index is 0.0801. The van der Waals surface area contributed by atoms with E-state index < -0.39 is 0 Å². The Morgan fingerprint density at radius 2 is 1.96 bits per heavy atom. The SMILES string of the molecule is O=C(C1CCN(Cc2ccco2)CC1)N(Cc1ccccc1)Cc1nccs1. The largest absolute Gasteiger partial charge is 0.468 e. The minimum Gasteiger partial charge on any atom is -0.468 e. The summed E-state index contributed by atoms with van der Waals surface area (Å²) in [5, 5.41) is 2.95. The van der Waals surface area contributed by atoms with Crippen LogP contribution in [0.1, 0.15) is 29.2 Å². The zero-order valence-electron chi connectivity index (χ0n) is 15.9. The summed E-state index contributed by atoms with van der Waals surface area (Å²) in [5.74, 6) is 1.31. The van der Waals surface area contributed by atoms with E-state index in [1.807, 2.05) is 40.6 Å². The molecule has 1 aromatic carbocycles. The van der Waals surface area contributed by atoms with Crippen molar-refractivity contribution in [2.24, 2.45) is 5.92 Å². The van der Waals surface area contributed by atoms with Crippen LogP contribution in [0, 0.1) is 5.92 Å². The number of piperidine rings is 1. The molecule has 0 atom stereocenters. The normalized spacial score (nSPS) is 15.6. The van der Waals surface area contributed by atoms with Crippen LogP contribution in [0.4, 0.5) is 0 Å². The summed E-state index contributed by atoms with van der Waals surface area (Å²) < 4.78 is 5.45. The van der Waals surface area contributed by atoms with Gasteiger partial charge in [0.1, 0.15) is 10.8 Å². The molecule has 0 spiro atoms. The summed E-state index contributed by atoms with van der Waals surface area (Å²) in [6, 6.07) is 14.1. The molecule has 0 aliphatic carbocycles. The second-order valence-electron chi connectivity index (χ2n) is 7.24. The molecule has 0 radical (unpaired) electrons. The van der Waals surface area contributed by atoms with Crippen LogP contribution in [0.5, 0.6) is 0 Å². The van der Waals surface area contributed by atoms with Crippen molar-refractivity contribution in [2.45, 2.75) is 32.5 Å². The molecule has 3 aromatic rings. The third-order valence-corrected chi connectivity index (χ3v) is 6.00. The number of benzene rings is 1. The molecule has 6 heteroatoms. The molecule has 4 rings (SSSR count). The average Bonchev–Trinajstić information content (AvgIpc) is 3.43. The van der Waals surface area contributed by atoms with Gasteiger partial charge in [0, 0.05) is 24.0 Å². The molecular weight excluding hydrogens is 370 g/mol. The lowest BCUT2D eigenvalue weighted by Gasteiger charge is -2.33. The van der Waals surface area contributed by atoms with Gasteiger partial charge in [-0.3, -0.25) is 9.69 Å². The molecule has 28 heavy (non-hydrogen) atoms. The fraction of sp³-hybridized carbons (Fsp3) is 0.364. The number of carbonyl (C=O) groups excluding carboxylic acids is 1. The number of hydrogen-bond acceptors (Lipinski definition) is 5. The van der Waals surface area contributed by atoms with Crippen molar-refractivity contribution in [3.63, 3.8) is 0 Å². The van der Waals surface area contributed by atoms with E-state index in [0.717, 1.165) is 48.8 Å². The number of nitrogens with zero attached hydrogens (tertiary/aromatic N) is 3. The molecule has 1 fully saturated rings. The van der Waals surface area contributed by atoms with Gasteiger partial charge in [0.2, 0.25) is 5.91 Å². The first-order chi connectivity index (χ1) is 13.8. The van der Waals surface area contributed by atoms with Gasteiger partial charge >= 0.3 is 0 Å². The maximum atomic E-state index is 13.3. The van der Waals surface area contributed by atoms with Crippen LogP contribution in [0.3, 0.4) is 0 Å². The fourth-order valence-electron chi connectivity index (χ4n) is 3.73. The van der Waals surface area contributed by atoms with Gasteiger partial charge in [-0.2, -0.15) is 0 Å². The van der Waals surface area contributed by atoms with Crippen LogP contribution >= 0.6 is 11.3 Å².